The average Bonchev–Trinajstić information content (AvgIpc) is 1.95. The minimum absolute atomic E-state index is 0.386. The van der Waals surface area contributed by atoms with E-state index in [1.807, 2.05) is 0 Å². The Balaban J connectivity index is 5.58. The van der Waals surface area contributed by atoms with E-state index in [4.69, 9.17) is 0 Å². The molecule has 0 aromatic heterocycles. The highest BCUT2D eigenvalue weighted by molar-refractivity contribution is 14.1. The minimum Gasteiger partial charge on any atom is -0.275 e. The van der Waals surface area contributed by atoms with Crippen LogP contribution in [0, 0.1) is 0 Å². The maximum Gasteiger partial charge on any atom is 0.441 e. The van der Waals surface area contributed by atoms with Gasteiger partial charge in [-0.25, -0.2) is 0 Å². The Kier molecular flexibility index (Phi) is 4.75. The highest BCUT2D eigenvalue weighted by Gasteiger charge is 2.77. The summed E-state index contributed by atoms with van der Waals surface area (Å²) in [4.78, 5) is 0. The highest BCUT2D eigenvalue weighted by Crippen LogP contribution is 2.54. The van der Waals surface area contributed by atoms with E-state index < -0.39 is 27.5 Å². The van der Waals surface area contributed by atoms with Crippen LogP contribution in [0.2, 0.25) is 0 Å². The summed E-state index contributed by atoms with van der Waals surface area (Å²) in [7, 11) is 0. The first-order valence-electron chi connectivity index (χ1n) is 3.43. The smallest absolute Gasteiger partial charge is 0.275 e. The van der Waals surface area contributed by atoms with Gasteiger partial charge in [0.2, 0.25) is 0 Å². The van der Waals surface area contributed by atoms with Crippen molar-refractivity contribution < 1.29 is 48.6 Å². The van der Waals surface area contributed by atoms with Gasteiger partial charge in [0.05, 0.1) is 0 Å². The lowest BCUT2D eigenvalue weighted by Gasteiger charge is -2.35. The molecule has 0 aromatic carbocycles. The summed E-state index contributed by atoms with van der Waals surface area (Å²) in [5, 5.41) is -5.95. The molecule has 0 rings (SSSR count). The van der Waals surface area contributed by atoms with Gasteiger partial charge >= 0.3 is 27.5 Å². The lowest BCUT2D eigenvalue weighted by atomic mass is 10.3. The summed E-state index contributed by atoms with van der Waals surface area (Å²) in [5.74, 6) is 0. The van der Waals surface area contributed by atoms with Crippen molar-refractivity contribution in [2.45, 2.75) is 27.5 Å². The Morgan fingerprint density at radius 2 is 1.00 bits per heavy atom. The van der Waals surface area contributed by atoms with Crippen LogP contribution < -0.4 is 0 Å². The Morgan fingerprint density at radius 1 is 0.722 bits per heavy atom. The molecule has 0 spiro atoms. The molecule has 0 aromatic rings. The number of hydrogen-bond donors (Lipinski definition) is 0. The standard InChI is InChI=1S/C5ClF10IO/c6-1(2(7,8)9,3(10,11)12)18-5(15,16)4(13,14)17. The summed E-state index contributed by atoms with van der Waals surface area (Å²) in [6.45, 7) is 0. The number of halogens is 12. The second-order valence-electron chi connectivity index (χ2n) is 2.71. The van der Waals surface area contributed by atoms with E-state index in [0.29, 0.717) is 0 Å². The van der Waals surface area contributed by atoms with Crippen LogP contribution in [-0.2, 0) is 4.74 Å². The van der Waals surface area contributed by atoms with E-state index in [-0.39, 0.29) is 22.6 Å². The zero-order valence-electron chi connectivity index (χ0n) is 7.44. The molecule has 0 aliphatic rings. The van der Waals surface area contributed by atoms with E-state index in [2.05, 4.69) is 16.3 Å². The van der Waals surface area contributed by atoms with Crippen molar-refractivity contribution in [1.82, 2.24) is 0 Å². The van der Waals surface area contributed by atoms with Gasteiger partial charge in [-0.3, -0.25) is 4.74 Å². The predicted octanol–water partition coefficient (Wildman–Crippen LogP) is 4.68. The molecule has 0 saturated heterocycles. The lowest BCUT2D eigenvalue weighted by molar-refractivity contribution is -0.427. The van der Waals surface area contributed by atoms with Crippen molar-refractivity contribution in [2.75, 3.05) is 0 Å². The van der Waals surface area contributed by atoms with E-state index in [0.717, 1.165) is 0 Å². The Morgan fingerprint density at radius 3 is 1.17 bits per heavy atom. The summed E-state index contributed by atoms with van der Waals surface area (Å²) in [6.07, 6.45) is -19.3. The molecule has 0 N–H and O–H groups in total. The van der Waals surface area contributed by atoms with Crippen molar-refractivity contribution in [3.05, 3.63) is 0 Å². The van der Waals surface area contributed by atoms with Crippen LogP contribution in [0.1, 0.15) is 0 Å². The normalized spacial score (nSPS) is 16.0. The van der Waals surface area contributed by atoms with Crippen molar-refractivity contribution in [2.24, 2.45) is 0 Å². The molecule has 0 unspecified atom stereocenters. The van der Waals surface area contributed by atoms with Gasteiger partial charge in [0, 0.05) is 22.6 Å². The van der Waals surface area contributed by atoms with E-state index in [1.54, 1.807) is 0 Å². The van der Waals surface area contributed by atoms with E-state index in [9.17, 15) is 43.9 Å². The number of ether oxygens (including phenoxy) is 1. The molecule has 0 bridgehead atoms. The van der Waals surface area contributed by atoms with Crippen LogP contribution in [0.4, 0.5) is 43.9 Å². The minimum atomic E-state index is -6.59. The predicted molar refractivity (Wildman–Crippen MR) is 45.7 cm³/mol. The summed E-state index contributed by atoms with van der Waals surface area (Å²) in [5.41, 5.74) is 0. The molecular formula is C5ClF10IO. The quantitative estimate of drug-likeness (QED) is 0.360. The summed E-state index contributed by atoms with van der Waals surface area (Å²) >= 11 is 3.51. The molecule has 0 fully saturated rings. The van der Waals surface area contributed by atoms with Gasteiger partial charge in [0.1, 0.15) is 0 Å². The fourth-order valence-electron chi connectivity index (χ4n) is 0.511. The third-order valence-electron chi connectivity index (χ3n) is 1.33. The van der Waals surface area contributed by atoms with Crippen LogP contribution >= 0.6 is 34.2 Å². The average molecular weight is 428 g/mol. The number of rotatable bonds is 3. The van der Waals surface area contributed by atoms with Gasteiger partial charge < -0.3 is 0 Å². The fourth-order valence-corrected chi connectivity index (χ4v) is 0.718. The Labute approximate surface area is 111 Å². The highest BCUT2D eigenvalue weighted by atomic mass is 127. The monoisotopic (exact) mass is 428 g/mol. The molecule has 0 heterocycles. The first-order valence-corrected chi connectivity index (χ1v) is 4.88. The maximum atomic E-state index is 12.4. The molecule has 0 amide bonds. The first-order chi connectivity index (χ1) is 7.46. The second kappa shape index (κ2) is 4.68. The molecule has 110 valence electrons. The molecular weight excluding hydrogens is 428 g/mol. The van der Waals surface area contributed by atoms with Crippen molar-refractivity contribution in [3.63, 3.8) is 0 Å². The molecule has 0 radical (unpaired) electrons. The topological polar surface area (TPSA) is 9.23 Å². The SMILES string of the molecule is FC(F)(F)C(Cl)(OC(F)(F)C(F)(F)I)C(F)(F)F. The second-order valence-corrected chi connectivity index (χ2v) is 4.59. The zero-order chi connectivity index (χ0) is 15.2. The largest absolute Gasteiger partial charge is 0.441 e. The maximum absolute atomic E-state index is 12.4. The Bertz CT molecular complexity index is 289. The third kappa shape index (κ3) is 3.43. The van der Waals surface area contributed by atoms with Crippen LogP contribution in [0.15, 0.2) is 0 Å². The number of alkyl halides is 12. The van der Waals surface area contributed by atoms with E-state index >= 15 is 0 Å². The van der Waals surface area contributed by atoms with Gasteiger partial charge in [0.25, 0.3) is 0 Å². The summed E-state index contributed by atoms with van der Waals surface area (Å²) < 4.78 is 118. The molecule has 0 atom stereocenters. The first kappa shape index (κ1) is 18.3. The van der Waals surface area contributed by atoms with Gasteiger partial charge in [-0.1, -0.05) is 11.6 Å². The number of hydrogen-bond acceptors (Lipinski definition) is 1. The van der Waals surface area contributed by atoms with Crippen LogP contribution in [-0.4, -0.2) is 27.5 Å². The van der Waals surface area contributed by atoms with Gasteiger partial charge in [-0.15, -0.1) is 0 Å². The van der Waals surface area contributed by atoms with Crippen molar-refractivity contribution in [3.8, 4) is 0 Å². The molecule has 18 heavy (non-hydrogen) atoms. The molecule has 0 aliphatic heterocycles. The lowest BCUT2D eigenvalue weighted by Crippen LogP contribution is -2.59. The summed E-state index contributed by atoms with van der Waals surface area (Å²) in [6, 6.07) is 0. The molecule has 13 heteroatoms. The van der Waals surface area contributed by atoms with Gasteiger partial charge in [-0.05, 0) is 0 Å². The van der Waals surface area contributed by atoms with Crippen LogP contribution in [0.25, 0.3) is 0 Å². The van der Waals surface area contributed by atoms with Gasteiger partial charge in [-0.2, -0.15) is 43.9 Å². The van der Waals surface area contributed by atoms with E-state index in [1.165, 1.54) is 0 Å². The molecule has 0 saturated carbocycles. The van der Waals surface area contributed by atoms with Crippen LogP contribution in [0.3, 0.4) is 0 Å². The fraction of sp³-hybridized carbons (Fsp3) is 1.00. The molecule has 1 nitrogen and oxygen atoms in total. The van der Waals surface area contributed by atoms with Crippen LogP contribution in [0.5, 0.6) is 0 Å². The third-order valence-corrected chi connectivity index (χ3v) is 2.46. The van der Waals surface area contributed by atoms with Crippen molar-refractivity contribution >= 4 is 34.2 Å². The molecule has 0 aliphatic carbocycles. The van der Waals surface area contributed by atoms with Gasteiger partial charge in [0.15, 0.2) is 0 Å². The zero-order valence-corrected chi connectivity index (χ0v) is 10.4. The Hall–Kier alpha value is 0.280. The van der Waals surface area contributed by atoms with Crippen molar-refractivity contribution in [1.29, 1.82) is 0 Å².